The van der Waals surface area contributed by atoms with Crippen LogP contribution in [0.1, 0.15) is 36.2 Å². The van der Waals surface area contributed by atoms with Crippen molar-refractivity contribution in [1.82, 2.24) is 20.0 Å². The van der Waals surface area contributed by atoms with Gasteiger partial charge in [-0.1, -0.05) is 30.3 Å². The van der Waals surface area contributed by atoms with Crippen LogP contribution >= 0.6 is 0 Å². The Labute approximate surface area is 147 Å². The van der Waals surface area contributed by atoms with Gasteiger partial charge in [0.05, 0.1) is 18.2 Å². The lowest BCUT2D eigenvalue weighted by molar-refractivity contribution is -0.129. The molecule has 0 bridgehead atoms. The monoisotopic (exact) mass is 340 g/mol. The summed E-state index contributed by atoms with van der Waals surface area (Å²) in [6.45, 7) is 4.95. The van der Waals surface area contributed by atoms with E-state index in [9.17, 15) is 9.59 Å². The fourth-order valence-electron chi connectivity index (χ4n) is 3.25. The molecule has 6 nitrogen and oxygen atoms in total. The van der Waals surface area contributed by atoms with Gasteiger partial charge in [-0.05, 0) is 19.4 Å². The van der Waals surface area contributed by atoms with Crippen LogP contribution in [0.2, 0.25) is 0 Å². The molecule has 2 amide bonds. The van der Waals surface area contributed by atoms with Crippen molar-refractivity contribution < 1.29 is 9.59 Å². The van der Waals surface area contributed by atoms with E-state index in [-0.39, 0.29) is 30.2 Å². The summed E-state index contributed by atoms with van der Waals surface area (Å²) in [6.07, 6.45) is 2.05. The number of nitrogens with one attached hydrogen (secondary N) is 1. The van der Waals surface area contributed by atoms with Gasteiger partial charge in [0.2, 0.25) is 11.8 Å². The van der Waals surface area contributed by atoms with Crippen LogP contribution in [0.4, 0.5) is 0 Å². The van der Waals surface area contributed by atoms with E-state index in [1.54, 1.807) is 15.8 Å². The van der Waals surface area contributed by atoms with Gasteiger partial charge in [0.15, 0.2) is 0 Å². The third-order valence-electron chi connectivity index (χ3n) is 4.90. The molecule has 2 unspecified atom stereocenters. The molecule has 1 aliphatic rings. The molecule has 132 valence electrons. The molecule has 0 aliphatic carbocycles. The number of rotatable bonds is 5. The number of benzene rings is 1. The van der Waals surface area contributed by atoms with Crippen LogP contribution in [-0.4, -0.2) is 33.0 Å². The van der Waals surface area contributed by atoms with Crippen molar-refractivity contribution in [1.29, 1.82) is 0 Å². The number of hydrogen-bond donors (Lipinski definition) is 1. The highest BCUT2D eigenvalue weighted by atomic mass is 16.2. The Morgan fingerprint density at radius 1 is 1.36 bits per heavy atom. The normalized spacial score (nSPS) is 18.4. The van der Waals surface area contributed by atoms with Crippen LogP contribution < -0.4 is 5.32 Å². The minimum atomic E-state index is -0.296. The van der Waals surface area contributed by atoms with Gasteiger partial charge in [0, 0.05) is 37.8 Å². The Balaban J connectivity index is 1.60. The summed E-state index contributed by atoms with van der Waals surface area (Å²) in [4.78, 5) is 26.6. The van der Waals surface area contributed by atoms with Crippen LogP contribution in [0, 0.1) is 12.8 Å². The number of amides is 2. The summed E-state index contributed by atoms with van der Waals surface area (Å²) in [5.41, 5.74) is 3.11. The second-order valence-electron chi connectivity index (χ2n) is 6.70. The predicted molar refractivity (Wildman–Crippen MR) is 94.5 cm³/mol. The maximum absolute atomic E-state index is 12.6. The standard InChI is InChI=1S/C19H24N4O2/c1-13(17-10-20-22(3)14(17)2)21-19(25)16-9-18(24)23(12-16)11-15-7-5-4-6-8-15/h4-8,10,13,16H,9,11-12H2,1-3H3,(H,21,25). The van der Waals surface area contributed by atoms with E-state index in [1.807, 2.05) is 51.2 Å². The number of carbonyl (C=O) groups excluding carboxylic acids is 2. The minimum Gasteiger partial charge on any atom is -0.349 e. The minimum absolute atomic E-state index is 0.0363. The summed E-state index contributed by atoms with van der Waals surface area (Å²) < 4.78 is 1.79. The molecule has 6 heteroatoms. The van der Waals surface area contributed by atoms with E-state index < -0.39 is 0 Å². The molecule has 1 aromatic carbocycles. The lowest BCUT2D eigenvalue weighted by atomic mass is 10.1. The molecule has 3 rings (SSSR count). The predicted octanol–water partition coefficient (Wildman–Crippen LogP) is 1.95. The zero-order valence-electron chi connectivity index (χ0n) is 14.9. The van der Waals surface area contributed by atoms with Crippen molar-refractivity contribution >= 4 is 11.8 Å². The summed E-state index contributed by atoms with van der Waals surface area (Å²) in [7, 11) is 1.88. The molecular formula is C19H24N4O2. The number of hydrogen-bond acceptors (Lipinski definition) is 3. The SMILES string of the molecule is Cc1c(C(C)NC(=O)C2CC(=O)N(Cc3ccccc3)C2)cnn1C. The second-order valence-corrected chi connectivity index (χ2v) is 6.70. The van der Waals surface area contributed by atoms with E-state index in [4.69, 9.17) is 0 Å². The van der Waals surface area contributed by atoms with Crippen LogP contribution in [0.3, 0.4) is 0 Å². The molecule has 0 spiro atoms. The quantitative estimate of drug-likeness (QED) is 0.905. The van der Waals surface area contributed by atoms with Gasteiger partial charge in [-0.3, -0.25) is 14.3 Å². The molecule has 0 saturated carbocycles. The molecular weight excluding hydrogens is 316 g/mol. The maximum atomic E-state index is 12.6. The molecule has 0 radical (unpaired) electrons. The van der Waals surface area contributed by atoms with Crippen molar-refractivity contribution in [2.45, 2.75) is 32.9 Å². The van der Waals surface area contributed by atoms with Gasteiger partial charge in [0.1, 0.15) is 0 Å². The number of aryl methyl sites for hydroxylation is 1. The van der Waals surface area contributed by atoms with Crippen molar-refractivity contribution in [3.63, 3.8) is 0 Å². The topological polar surface area (TPSA) is 67.2 Å². The first-order valence-electron chi connectivity index (χ1n) is 8.56. The number of likely N-dealkylation sites (tertiary alicyclic amines) is 1. The molecule has 25 heavy (non-hydrogen) atoms. The first-order valence-corrected chi connectivity index (χ1v) is 8.56. The van der Waals surface area contributed by atoms with Crippen LogP contribution in [0.5, 0.6) is 0 Å². The van der Waals surface area contributed by atoms with Crippen LogP contribution in [0.15, 0.2) is 36.5 Å². The lowest BCUT2D eigenvalue weighted by Crippen LogP contribution is -2.34. The summed E-state index contributed by atoms with van der Waals surface area (Å²) in [6, 6.07) is 9.73. The van der Waals surface area contributed by atoms with Crippen LogP contribution in [-0.2, 0) is 23.2 Å². The Kier molecular flexibility index (Phi) is 4.88. The van der Waals surface area contributed by atoms with E-state index in [2.05, 4.69) is 10.4 Å². The largest absolute Gasteiger partial charge is 0.349 e. The lowest BCUT2D eigenvalue weighted by Gasteiger charge is -2.18. The Hall–Kier alpha value is -2.63. The number of nitrogens with zero attached hydrogens (tertiary/aromatic N) is 3. The highest BCUT2D eigenvalue weighted by Crippen LogP contribution is 2.22. The Morgan fingerprint density at radius 2 is 2.08 bits per heavy atom. The fraction of sp³-hybridized carbons (Fsp3) is 0.421. The Morgan fingerprint density at radius 3 is 2.72 bits per heavy atom. The van der Waals surface area contributed by atoms with E-state index in [0.717, 1.165) is 16.8 Å². The highest BCUT2D eigenvalue weighted by molar-refractivity contribution is 5.89. The molecule has 1 fully saturated rings. The third kappa shape index (κ3) is 3.73. The number of aromatic nitrogens is 2. The Bertz CT molecular complexity index is 769. The zero-order chi connectivity index (χ0) is 18.0. The van der Waals surface area contributed by atoms with Gasteiger partial charge in [-0.25, -0.2) is 0 Å². The van der Waals surface area contributed by atoms with Crippen molar-refractivity contribution in [2.75, 3.05) is 6.54 Å². The summed E-state index contributed by atoms with van der Waals surface area (Å²) >= 11 is 0. The van der Waals surface area contributed by atoms with Gasteiger partial charge in [-0.15, -0.1) is 0 Å². The van der Waals surface area contributed by atoms with E-state index >= 15 is 0 Å². The van der Waals surface area contributed by atoms with Crippen molar-refractivity contribution in [3.05, 3.63) is 53.3 Å². The molecule has 1 aliphatic heterocycles. The summed E-state index contributed by atoms with van der Waals surface area (Å²) in [5.74, 6) is -0.329. The van der Waals surface area contributed by atoms with E-state index in [1.165, 1.54) is 0 Å². The molecule has 1 aromatic heterocycles. The maximum Gasteiger partial charge on any atom is 0.225 e. The molecule has 1 saturated heterocycles. The smallest absolute Gasteiger partial charge is 0.225 e. The molecule has 2 heterocycles. The zero-order valence-corrected chi connectivity index (χ0v) is 14.9. The van der Waals surface area contributed by atoms with Gasteiger partial charge in [-0.2, -0.15) is 5.10 Å². The van der Waals surface area contributed by atoms with E-state index in [0.29, 0.717) is 13.1 Å². The van der Waals surface area contributed by atoms with Gasteiger partial charge in [0.25, 0.3) is 0 Å². The number of carbonyl (C=O) groups is 2. The second kappa shape index (κ2) is 7.09. The fourth-order valence-corrected chi connectivity index (χ4v) is 3.25. The van der Waals surface area contributed by atoms with Crippen LogP contribution in [0.25, 0.3) is 0 Å². The molecule has 1 N–H and O–H groups in total. The van der Waals surface area contributed by atoms with Crippen molar-refractivity contribution in [3.8, 4) is 0 Å². The molecule has 2 atom stereocenters. The first-order chi connectivity index (χ1) is 12.0. The highest BCUT2D eigenvalue weighted by Gasteiger charge is 2.34. The third-order valence-corrected chi connectivity index (χ3v) is 4.90. The van der Waals surface area contributed by atoms with Gasteiger partial charge >= 0.3 is 0 Å². The molecule has 2 aromatic rings. The summed E-state index contributed by atoms with van der Waals surface area (Å²) in [5, 5.41) is 7.24. The first kappa shape index (κ1) is 17.2. The van der Waals surface area contributed by atoms with Gasteiger partial charge < -0.3 is 10.2 Å². The average molecular weight is 340 g/mol. The average Bonchev–Trinajstić information content (AvgIpc) is 3.12. The van der Waals surface area contributed by atoms with Crippen molar-refractivity contribution in [2.24, 2.45) is 13.0 Å².